The maximum atomic E-state index is 5.12. The van der Waals surface area contributed by atoms with E-state index >= 15 is 0 Å². The summed E-state index contributed by atoms with van der Waals surface area (Å²) in [7, 11) is 1.72. The minimum Gasteiger partial charge on any atom is -0.384 e. The van der Waals surface area contributed by atoms with E-state index in [1.54, 1.807) is 7.11 Å². The molecule has 4 heteroatoms. The number of aromatic nitrogens is 2. The molecule has 2 rings (SSSR count). The van der Waals surface area contributed by atoms with Crippen LogP contribution in [0.5, 0.6) is 0 Å². The third-order valence-corrected chi connectivity index (χ3v) is 2.69. The van der Waals surface area contributed by atoms with E-state index in [1.807, 2.05) is 24.5 Å². The summed E-state index contributed by atoms with van der Waals surface area (Å²) >= 11 is 0. The number of nitrogens with zero attached hydrogens (tertiary/aromatic N) is 2. The van der Waals surface area contributed by atoms with Crippen LogP contribution >= 0.6 is 0 Å². The van der Waals surface area contributed by atoms with Gasteiger partial charge in [-0.15, -0.1) is 0 Å². The molecule has 0 fully saturated rings. The first-order chi connectivity index (χ1) is 8.90. The van der Waals surface area contributed by atoms with Gasteiger partial charge in [-0.3, -0.25) is 0 Å². The molecule has 0 radical (unpaired) electrons. The number of hydrogen-bond acceptors (Lipinski definition) is 4. The van der Waals surface area contributed by atoms with Crippen molar-refractivity contribution in [3.63, 3.8) is 0 Å². The van der Waals surface area contributed by atoms with E-state index in [9.17, 15) is 0 Å². The highest BCUT2D eigenvalue weighted by molar-refractivity contribution is 5.51. The zero-order valence-electron chi connectivity index (χ0n) is 10.5. The summed E-state index contributed by atoms with van der Waals surface area (Å²) in [5, 5.41) is 3.40. The average Bonchev–Trinajstić information content (AvgIpc) is 2.45. The number of hydrogen-bond donors (Lipinski definition) is 1. The van der Waals surface area contributed by atoms with E-state index in [1.165, 1.54) is 11.9 Å². The lowest BCUT2D eigenvalue weighted by Gasteiger charge is -2.11. The van der Waals surface area contributed by atoms with Crippen molar-refractivity contribution in [2.75, 3.05) is 19.0 Å². The Kier molecular flexibility index (Phi) is 4.67. The molecule has 0 unspecified atom stereocenters. The van der Waals surface area contributed by atoms with E-state index in [4.69, 9.17) is 4.74 Å². The molecule has 0 atom stereocenters. The quantitative estimate of drug-likeness (QED) is 0.845. The lowest BCUT2D eigenvalue weighted by molar-refractivity contribution is 0.202. The van der Waals surface area contributed by atoms with Crippen molar-refractivity contribution < 1.29 is 4.74 Å². The monoisotopic (exact) mass is 243 g/mol. The van der Waals surface area contributed by atoms with Crippen LogP contribution in [0.25, 0.3) is 0 Å². The minimum absolute atomic E-state index is 0.727. The molecule has 0 saturated carbocycles. The van der Waals surface area contributed by atoms with Crippen LogP contribution in [0.15, 0.2) is 43.0 Å². The molecular formula is C14H17N3O. The summed E-state index contributed by atoms with van der Waals surface area (Å²) in [5.41, 5.74) is 3.47. The molecule has 4 nitrogen and oxygen atoms in total. The number of nitrogens with one attached hydrogen (secondary N) is 1. The molecule has 1 heterocycles. The number of methoxy groups -OCH3 is 1. The molecule has 0 aliphatic rings. The fourth-order valence-corrected chi connectivity index (χ4v) is 1.74. The lowest BCUT2D eigenvalue weighted by atomic mass is 10.1. The van der Waals surface area contributed by atoms with Crippen LogP contribution in [0.2, 0.25) is 0 Å². The zero-order chi connectivity index (χ0) is 12.6. The van der Waals surface area contributed by atoms with E-state index in [0.717, 1.165) is 30.8 Å². The third kappa shape index (κ3) is 3.53. The summed E-state index contributed by atoms with van der Waals surface area (Å²) in [4.78, 5) is 8.00. The van der Waals surface area contributed by atoms with E-state index in [-0.39, 0.29) is 0 Å². The van der Waals surface area contributed by atoms with Crippen molar-refractivity contribution in [2.24, 2.45) is 0 Å². The largest absolute Gasteiger partial charge is 0.384 e. The van der Waals surface area contributed by atoms with Gasteiger partial charge in [0.05, 0.1) is 6.61 Å². The van der Waals surface area contributed by atoms with E-state index < -0.39 is 0 Å². The van der Waals surface area contributed by atoms with E-state index in [2.05, 4.69) is 27.4 Å². The normalized spacial score (nSPS) is 10.3. The number of benzene rings is 1. The van der Waals surface area contributed by atoms with Crippen LogP contribution in [0.1, 0.15) is 11.1 Å². The molecular weight excluding hydrogens is 226 g/mol. The first kappa shape index (κ1) is 12.5. The van der Waals surface area contributed by atoms with Gasteiger partial charge in [0.1, 0.15) is 6.33 Å². The van der Waals surface area contributed by atoms with Gasteiger partial charge < -0.3 is 10.1 Å². The second-order valence-corrected chi connectivity index (χ2v) is 4.00. The lowest BCUT2D eigenvalue weighted by Crippen LogP contribution is -2.04. The standard InChI is InChI=1S/C14H17N3O/c1-18-7-6-13-4-2-3-5-14(13)17-10-12-8-15-11-16-9-12/h2-5,8-9,11,17H,6-7,10H2,1H3. The first-order valence-corrected chi connectivity index (χ1v) is 5.95. The number of ether oxygens (including phenoxy) is 1. The molecule has 2 aromatic rings. The van der Waals surface area contributed by atoms with Crippen molar-refractivity contribution in [3.05, 3.63) is 54.1 Å². The molecule has 18 heavy (non-hydrogen) atoms. The van der Waals surface area contributed by atoms with Gasteiger partial charge in [-0.1, -0.05) is 18.2 Å². The Morgan fingerprint density at radius 2 is 1.94 bits per heavy atom. The number of anilines is 1. The molecule has 1 N–H and O–H groups in total. The maximum absolute atomic E-state index is 5.12. The second kappa shape index (κ2) is 6.71. The molecule has 1 aromatic carbocycles. The van der Waals surface area contributed by atoms with E-state index in [0.29, 0.717) is 0 Å². The first-order valence-electron chi connectivity index (χ1n) is 5.95. The summed E-state index contributed by atoms with van der Waals surface area (Å²) in [6, 6.07) is 8.26. The highest BCUT2D eigenvalue weighted by Crippen LogP contribution is 2.16. The van der Waals surface area contributed by atoms with Gasteiger partial charge in [-0.05, 0) is 18.1 Å². The van der Waals surface area contributed by atoms with Crippen LogP contribution in [-0.2, 0) is 17.7 Å². The summed E-state index contributed by atoms with van der Waals surface area (Å²) in [6.45, 7) is 1.46. The Bertz CT molecular complexity index is 473. The van der Waals surface area contributed by atoms with Crippen LogP contribution in [0.4, 0.5) is 5.69 Å². The van der Waals surface area contributed by atoms with Crippen molar-refractivity contribution in [1.82, 2.24) is 9.97 Å². The minimum atomic E-state index is 0.727. The Balaban J connectivity index is 2.00. The molecule has 0 spiro atoms. The van der Waals surface area contributed by atoms with Gasteiger partial charge in [0.25, 0.3) is 0 Å². The van der Waals surface area contributed by atoms with Gasteiger partial charge in [-0.2, -0.15) is 0 Å². The second-order valence-electron chi connectivity index (χ2n) is 4.00. The number of rotatable bonds is 6. The smallest absolute Gasteiger partial charge is 0.115 e. The van der Waals surface area contributed by atoms with Crippen LogP contribution < -0.4 is 5.32 Å². The van der Waals surface area contributed by atoms with Gasteiger partial charge in [-0.25, -0.2) is 9.97 Å². The van der Waals surface area contributed by atoms with Crippen molar-refractivity contribution >= 4 is 5.69 Å². The van der Waals surface area contributed by atoms with Gasteiger partial charge in [0.2, 0.25) is 0 Å². The molecule has 0 bridgehead atoms. The van der Waals surface area contributed by atoms with Crippen molar-refractivity contribution in [3.8, 4) is 0 Å². The maximum Gasteiger partial charge on any atom is 0.115 e. The molecule has 0 amide bonds. The summed E-state index contributed by atoms with van der Waals surface area (Å²) < 4.78 is 5.12. The predicted octanol–water partition coefficient (Wildman–Crippen LogP) is 2.28. The highest BCUT2D eigenvalue weighted by atomic mass is 16.5. The van der Waals surface area contributed by atoms with Crippen LogP contribution in [0.3, 0.4) is 0 Å². The van der Waals surface area contributed by atoms with Crippen molar-refractivity contribution in [1.29, 1.82) is 0 Å². The average molecular weight is 243 g/mol. The number of para-hydroxylation sites is 1. The van der Waals surface area contributed by atoms with Crippen LogP contribution in [-0.4, -0.2) is 23.7 Å². The SMILES string of the molecule is COCCc1ccccc1NCc1cncnc1. The summed E-state index contributed by atoms with van der Waals surface area (Å²) in [6.07, 6.45) is 6.08. The topological polar surface area (TPSA) is 47.0 Å². The third-order valence-electron chi connectivity index (χ3n) is 2.69. The fraction of sp³-hybridized carbons (Fsp3) is 0.286. The molecule has 0 saturated heterocycles. The van der Waals surface area contributed by atoms with Gasteiger partial charge >= 0.3 is 0 Å². The Morgan fingerprint density at radius 1 is 1.17 bits per heavy atom. The van der Waals surface area contributed by atoms with Gasteiger partial charge in [0, 0.05) is 37.3 Å². The Hall–Kier alpha value is -1.94. The molecule has 1 aromatic heterocycles. The summed E-state index contributed by atoms with van der Waals surface area (Å²) in [5.74, 6) is 0. The molecule has 0 aliphatic heterocycles. The zero-order valence-corrected chi connectivity index (χ0v) is 10.5. The fourth-order valence-electron chi connectivity index (χ4n) is 1.74. The van der Waals surface area contributed by atoms with Crippen molar-refractivity contribution in [2.45, 2.75) is 13.0 Å². The van der Waals surface area contributed by atoms with Gasteiger partial charge in [0.15, 0.2) is 0 Å². The Labute approximate surface area is 107 Å². The highest BCUT2D eigenvalue weighted by Gasteiger charge is 2.01. The Morgan fingerprint density at radius 3 is 2.72 bits per heavy atom. The predicted molar refractivity (Wildman–Crippen MR) is 71.4 cm³/mol. The van der Waals surface area contributed by atoms with Crippen LogP contribution in [0, 0.1) is 0 Å². The molecule has 94 valence electrons. The molecule has 0 aliphatic carbocycles.